The van der Waals surface area contributed by atoms with Gasteiger partial charge in [-0.1, -0.05) is 18.2 Å². The minimum absolute atomic E-state index is 0.209. The molecule has 1 saturated heterocycles. The average molecular weight is 335 g/mol. The Kier molecular flexibility index (Phi) is 4.79. The van der Waals surface area contributed by atoms with E-state index in [-0.39, 0.29) is 10.8 Å². The molecule has 0 N–H and O–H groups in total. The maximum Gasteiger partial charge on any atom is 0.245 e. The number of hydrogen-bond acceptors (Lipinski definition) is 4. The third kappa shape index (κ3) is 3.63. The van der Waals surface area contributed by atoms with Gasteiger partial charge < -0.3 is 4.74 Å². The molecule has 3 rings (SSSR count). The number of hydrogen-bond donors (Lipinski definition) is 0. The van der Waals surface area contributed by atoms with Gasteiger partial charge in [0.1, 0.15) is 4.90 Å². The minimum atomic E-state index is -3.53. The Hall–Kier alpha value is -1.70. The van der Waals surface area contributed by atoms with Gasteiger partial charge in [0.05, 0.1) is 24.7 Å². The van der Waals surface area contributed by atoms with Crippen LogP contribution in [0.4, 0.5) is 0 Å². The maximum atomic E-state index is 12.7. The van der Waals surface area contributed by atoms with Gasteiger partial charge in [-0.3, -0.25) is 0 Å². The van der Waals surface area contributed by atoms with Gasteiger partial charge in [0, 0.05) is 20.2 Å². The van der Waals surface area contributed by atoms with Crippen LogP contribution in [-0.2, 0) is 14.8 Å². The summed E-state index contributed by atoms with van der Waals surface area (Å²) in [6.45, 7) is 1.87. The molecule has 1 atom stereocenters. The van der Waals surface area contributed by atoms with Gasteiger partial charge in [0.2, 0.25) is 10.0 Å². The molecule has 0 saturated carbocycles. The Bertz CT molecular complexity index is 737. The van der Waals surface area contributed by atoms with E-state index in [1.54, 1.807) is 17.9 Å². The lowest BCUT2D eigenvalue weighted by Gasteiger charge is -2.26. The van der Waals surface area contributed by atoms with Crippen LogP contribution in [0.2, 0.25) is 0 Å². The monoisotopic (exact) mass is 335 g/mol. The SMILES string of the molecule is CN(CC1CCCOC1)S(=O)(=O)c1cnn(-c2ccccc2)c1. The molecular weight excluding hydrogens is 314 g/mol. The normalized spacial score (nSPS) is 19.1. The molecule has 1 aromatic heterocycles. The molecule has 0 amide bonds. The highest BCUT2D eigenvalue weighted by atomic mass is 32.2. The Labute approximate surface area is 136 Å². The molecule has 7 heteroatoms. The van der Waals surface area contributed by atoms with Crippen LogP contribution in [0, 0.1) is 5.92 Å². The van der Waals surface area contributed by atoms with Crippen molar-refractivity contribution in [1.29, 1.82) is 0 Å². The van der Waals surface area contributed by atoms with Gasteiger partial charge in [-0.25, -0.2) is 17.4 Å². The van der Waals surface area contributed by atoms with Crippen molar-refractivity contribution in [2.45, 2.75) is 17.7 Å². The van der Waals surface area contributed by atoms with Gasteiger partial charge in [0.25, 0.3) is 0 Å². The van der Waals surface area contributed by atoms with E-state index in [0.29, 0.717) is 13.2 Å². The van der Waals surface area contributed by atoms with Gasteiger partial charge >= 0.3 is 0 Å². The zero-order valence-electron chi connectivity index (χ0n) is 13.1. The molecule has 124 valence electrons. The largest absolute Gasteiger partial charge is 0.381 e. The van der Waals surface area contributed by atoms with Crippen molar-refractivity contribution in [2.75, 3.05) is 26.8 Å². The molecule has 0 spiro atoms. The first kappa shape index (κ1) is 16.2. The van der Waals surface area contributed by atoms with E-state index in [0.717, 1.165) is 25.1 Å². The second-order valence-corrected chi connectivity index (χ2v) is 7.87. The summed E-state index contributed by atoms with van der Waals surface area (Å²) < 4.78 is 33.8. The van der Waals surface area contributed by atoms with E-state index in [1.165, 1.54) is 10.5 Å². The third-order valence-corrected chi connectivity index (χ3v) is 5.83. The number of nitrogens with zero attached hydrogens (tertiary/aromatic N) is 3. The molecule has 6 nitrogen and oxygen atoms in total. The van der Waals surface area contributed by atoms with Crippen molar-refractivity contribution in [3.63, 3.8) is 0 Å². The Morgan fingerprint density at radius 1 is 1.35 bits per heavy atom. The fourth-order valence-corrected chi connectivity index (χ4v) is 3.93. The zero-order chi connectivity index (χ0) is 16.3. The molecule has 2 aromatic rings. The third-order valence-electron chi connectivity index (χ3n) is 4.06. The number of sulfonamides is 1. The Balaban J connectivity index is 1.75. The second kappa shape index (κ2) is 6.82. The fraction of sp³-hybridized carbons (Fsp3) is 0.438. The van der Waals surface area contributed by atoms with Crippen LogP contribution >= 0.6 is 0 Å². The van der Waals surface area contributed by atoms with Gasteiger partial charge in [-0.15, -0.1) is 0 Å². The van der Waals surface area contributed by atoms with E-state index < -0.39 is 10.0 Å². The number of benzene rings is 1. The van der Waals surface area contributed by atoms with Crippen LogP contribution in [0.5, 0.6) is 0 Å². The summed E-state index contributed by atoms with van der Waals surface area (Å²) in [4.78, 5) is 0.209. The molecule has 0 bridgehead atoms. The summed E-state index contributed by atoms with van der Waals surface area (Å²) in [6, 6.07) is 9.45. The van der Waals surface area contributed by atoms with E-state index in [4.69, 9.17) is 4.74 Å². The highest BCUT2D eigenvalue weighted by molar-refractivity contribution is 7.89. The summed E-state index contributed by atoms with van der Waals surface area (Å²) in [5, 5.41) is 4.17. The topological polar surface area (TPSA) is 64.4 Å². The van der Waals surface area contributed by atoms with Crippen LogP contribution in [0.25, 0.3) is 5.69 Å². The maximum absolute atomic E-state index is 12.7. The Morgan fingerprint density at radius 2 is 2.13 bits per heavy atom. The van der Waals surface area contributed by atoms with Crippen molar-refractivity contribution in [3.8, 4) is 5.69 Å². The molecule has 1 unspecified atom stereocenters. The number of ether oxygens (including phenoxy) is 1. The Morgan fingerprint density at radius 3 is 2.83 bits per heavy atom. The van der Waals surface area contributed by atoms with Crippen molar-refractivity contribution < 1.29 is 13.2 Å². The molecule has 1 aliphatic heterocycles. The van der Waals surface area contributed by atoms with Crippen molar-refractivity contribution in [2.24, 2.45) is 5.92 Å². The average Bonchev–Trinajstić information content (AvgIpc) is 3.07. The molecule has 1 aliphatic rings. The predicted octanol–water partition coefficient (Wildman–Crippen LogP) is 1.92. The molecule has 1 aromatic carbocycles. The van der Waals surface area contributed by atoms with Crippen molar-refractivity contribution in [3.05, 3.63) is 42.7 Å². The quantitative estimate of drug-likeness (QED) is 0.837. The molecule has 0 aliphatic carbocycles. The predicted molar refractivity (Wildman–Crippen MR) is 86.9 cm³/mol. The summed E-state index contributed by atoms with van der Waals surface area (Å²) in [5.74, 6) is 0.257. The van der Waals surface area contributed by atoms with E-state index in [2.05, 4.69) is 5.10 Å². The first-order chi connectivity index (χ1) is 11.1. The lowest BCUT2D eigenvalue weighted by Crippen LogP contribution is -2.35. The second-order valence-electron chi connectivity index (χ2n) is 5.82. The summed E-state index contributed by atoms with van der Waals surface area (Å²) >= 11 is 0. The highest BCUT2D eigenvalue weighted by Gasteiger charge is 2.26. The fourth-order valence-electron chi connectivity index (χ4n) is 2.75. The lowest BCUT2D eigenvalue weighted by molar-refractivity contribution is 0.0495. The molecule has 2 heterocycles. The van der Waals surface area contributed by atoms with Crippen molar-refractivity contribution in [1.82, 2.24) is 14.1 Å². The van der Waals surface area contributed by atoms with Crippen LogP contribution in [0.15, 0.2) is 47.6 Å². The standard InChI is InChI=1S/C16H21N3O3S/c1-18(11-14-6-5-9-22-13-14)23(20,21)16-10-17-19(12-16)15-7-3-2-4-8-15/h2-4,7-8,10,12,14H,5-6,9,11,13H2,1H3. The molecule has 0 radical (unpaired) electrons. The van der Waals surface area contributed by atoms with Crippen LogP contribution in [0.3, 0.4) is 0 Å². The lowest BCUT2D eigenvalue weighted by atomic mass is 10.0. The molecular formula is C16H21N3O3S. The van der Waals surface area contributed by atoms with Gasteiger partial charge in [0.15, 0.2) is 0 Å². The van der Waals surface area contributed by atoms with E-state index >= 15 is 0 Å². The first-order valence-corrected chi connectivity index (χ1v) is 9.15. The summed E-state index contributed by atoms with van der Waals surface area (Å²) in [6.07, 6.45) is 4.95. The smallest absolute Gasteiger partial charge is 0.245 e. The summed E-state index contributed by atoms with van der Waals surface area (Å²) in [7, 11) is -1.92. The number of para-hydroxylation sites is 1. The molecule has 23 heavy (non-hydrogen) atoms. The minimum Gasteiger partial charge on any atom is -0.381 e. The van der Waals surface area contributed by atoms with Crippen LogP contribution in [0.1, 0.15) is 12.8 Å². The van der Waals surface area contributed by atoms with Crippen molar-refractivity contribution >= 4 is 10.0 Å². The number of aromatic nitrogens is 2. The zero-order valence-corrected chi connectivity index (χ0v) is 13.9. The van der Waals surface area contributed by atoms with Crippen LogP contribution in [-0.4, -0.2) is 49.3 Å². The number of rotatable bonds is 5. The summed E-state index contributed by atoms with van der Waals surface area (Å²) in [5.41, 5.74) is 0.831. The highest BCUT2D eigenvalue weighted by Crippen LogP contribution is 2.20. The van der Waals surface area contributed by atoms with Gasteiger partial charge in [-0.05, 0) is 30.9 Å². The van der Waals surface area contributed by atoms with Gasteiger partial charge in [-0.2, -0.15) is 5.10 Å². The van der Waals surface area contributed by atoms with Crippen LogP contribution < -0.4 is 0 Å². The first-order valence-electron chi connectivity index (χ1n) is 7.71. The molecule has 1 fully saturated rings. The van der Waals surface area contributed by atoms with E-state index in [9.17, 15) is 8.42 Å². The van der Waals surface area contributed by atoms with E-state index in [1.807, 2.05) is 30.3 Å².